The number of hydrogen-bond acceptors (Lipinski definition) is 5. The molecule has 1 aliphatic rings. The molecule has 112 valence electrons. The number of carbonyl (C=O) groups is 1. The number of imidazole rings is 1. The normalized spacial score (nSPS) is 14.2. The summed E-state index contributed by atoms with van der Waals surface area (Å²) < 4.78 is 2.15. The number of amides is 1. The van der Waals surface area contributed by atoms with Crippen LogP contribution in [0.4, 0.5) is 0 Å². The summed E-state index contributed by atoms with van der Waals surface area (Å²) in [6, 6.07) is 4.57. The van der Waals surface area contributed by atoms with E-state index in [1.54, 1.807) is 11.3 Å². The lowest BCUT2D eigenvalue weighted by Gasteiger charge is -2.07. The van der Waals surface area contributed by atoms with Gasteiger partial charge in [0.2, 0.25) is 0 Å². The molecular weight excluding hydrogens is 316 g/mol. The van der Waals surface area contributed by atoms with Crippen LogP contribution in [-0.2, 0) is 6.54 Å². The van der Waals surface area contributed by atoms with Crippen molar-refractivity contribution in [2.45, 2.75) is 25.4 Å². The Hall–Kier alpha value is -1.99. The van der Waals surface area contributed by atoms with Gasteiger partial charge in [0.25, 0.3) is 5.91 Å². The van der Waals surface area contributed by atoms with Gasteiger partial charge in [0.05, 0.1) is 23.4 Å². The van der Waals surface area contributed by atoms with E-state index in [9.17, 15) is 4.79 Å². The molecule has 3 aromatic rings. The lowest BCUT2D eigenvalue weighted by molar-refractivity contribution is 0.0946. The van der Waals surface area contributed by atoms with Gasteiger partial charge in [-0.1, -0.05) is 6.07 Å². The van der Waals surface area contributed by atoms with Crippen molar-refractivity contribution in [1.29, 1.82) is 0 Å². The number of nitrogens with one attached hydrogen (secondary N) is 1. The van der Waals surface area contributed by atoms with E-state index in [0.717, 1.165) is 15.6 Å². The molecule has 0 aliphatic heterocycles. The molecule has 1 aliphatic carbocycles. The van der Waals surface area contributed by atoms with Crippen molar-refractivity contribution >= 4 is 28.6 Å². The van der Waals surface area contributed by atoms with Crippen LogP contribution in [0.2, 0.25) is 0 Å². The Bertz CT molecular complexity index is 786. The zero-order valence-electron chi connectivity index (χ0n) is 11.7. The van der Waals surface area contributed by atoms with E-state index in [-0.39, 0.29) is 5.91 Å². The number of hydrogen-bond donors (Lipinski definition) is 1. The minimum Gasteiger partial charge on any atom is -0.345 e. The lowest BCUT2D eigenvalue weighted by Crippen LogP contribution is -2.24. The maximum Gasteiger partial charge on any atom is 0.271 e. The van der Waals surface area contributed by atoms with Crippen molar-refractivity contribution in [3.8, 4) is 9.88 Å². The standard InChI is InChI=1S/C15H14N4OS2/c20-14(12-8-22-15(18-12)13-2-1-5-21-13)17-7-11-6-16-9-19(11)10-3-4-10/h1-2,5-6,8-10H,3-4,7H2,(H,17,20). The van der Waals surface area contributed by atoms with E-state index in [1.165, 1.54) is 24.2 Å². The van der Waals surface area contributed by atoms with E-state index in [0.29, 0.717) is 18.3 Å². The Morgan fingerprint density at radius 1 is 1.41 bits per heavy atom. The van der Waals surface area contributed by atoms with Crippen LogP contribution in [0.5, 0.6) is 0 Å². The van der Waals surface area contributed by atoms with E-state index in [1.807, 2.05) is 35.4 Å². The molecule has 0 unspecified atom stereocenters. The fourth-order valence-corrected chi connectivity index (χ4v) is 3.92. The first-order valence-electron chi connectivity index (χ1n) is 7.09. The third-order valence-electron chi connectivity index (χ3n) is 3.59. The number of thiazole rings is 1. The van der Waals surface area contributed by atoms with E-state index >= 15 is 0 Å². The molecule has 3 aromatic heterocycles. The summed E-state index contributed by atoms with van der Waals surface area (Å²) in [7, 11) is 0. The Morgan fingerprint density at radius 2 is 2.32 bits per heavy atom. The Labute approximate surface area is 135 Å². The fraction of sp³-hybridized carbons (Fsp3) is 0.267. The average molecular weight is 330 g/mol. The molecule has 5 nitrogen and oxygen atoms in total. The van der Waals surface area contributed by atoms with Gasteiger partial charge < -0.3 is 9.88 Å². The maximum absolute atomic E-state index is 12.2. The zero-order chi connectivity index (χ0) is 14.9. The molecular formula is C15H14N4OS2. The number of nitrogens with zero attached hydrogens (tertiary/aromatic N) is 3. The topological polar surface area (TPSA) is 59.8 Å². The molecule has 7 heteroatoms. The van der Waals surface area contributed by atoms with Gasteiger partial charge in [-0.2, -0.15) is 0 Å². The van der Waals surface area contributed by atoms with E-state index in [4.69, 9.17) is 0 Å². The van der Waals surface area contributed by atoms with Gasteiger partial charge in [-0.25, -0.2) is 9.97 Å². The van der Waals surface area contributed by atoms with Crippen LogP contribution in [0.1, 0.15) is 35.1 Å². The maximum atomic E-state index is 12.2. The van der Waals surface area contributed by atoms with Crippen LogP contribution in [0.3, 0.4) is 0 Å². The monoisotopic (exact) mass is 330 g/mol. The van der Waals surface area contributed by atoms with Crippen LogP contribution in [0, 0.1) is 0 Å². The largest absolute Gasteiger partial charge is 0.345 e. The first-order chi connectivity index (χ1) is 10.8. The van der Waals surface area contributed by atoms with Crippen molar-refractivity contribution in [2.24, 2.45) is 0 Å². The van der Waals surface area contributed by atoms with Crippen LogP contribution in [0.25, 0.3) is 9.88 Å². The second kappa shape index (κ2) is 5.66. The minimum absolute atomic E-state index is 0.136. The van der Waals surface area contributed by atoms with Crippen molar-refractivity contribution < 1.29 is 4.79 Å². The molecule has 1 N–H and O–H groups in total. The molecule has 0 atom stereocenters. The molecule has 0 aromatic carbocycles. The molecule has 0 radical (unpaired) electrons. The molecule has 22 heavy (non-hydrogen) atoms. The third-order valence-corrected chi connectivity index (χ3v) is 5.47. The first kappa shape index (κ1) is 13.7. The smallest absolute Gasteiger partial charge is 0.271 e. The molecule has 1 fully saturated rings. The van der Waals surface area contributed by atoms with Crippen LogP contribution in [0.15, 0.2) is 35.4 Å². The van der Waals surface area contributed by atoms with Gasteiger partial charge in [0.15, 0.2) is 0 Å². The van der Waals surface area contributed by atoms with Gasteiger partial charge in [-0.3, -0.25) is 4.79 Å². The van der Waals surface area contributed by atoms with Crippen molar-refractivity contribution in [3.05, 3.63) is 46.8 Å². The number of thiophene rings is 1. The highest BCUT2D eigenvalue weighted by Crippen LogP contribution is 2.35. The summed E-state index contributed by atoms with van der Waals surface area (Å²) in [6.45, 7) is 0.487. The van der Waals surface area contributed by atoms with Crippen molar-refractivity contribution in [2.75, 3.05) is 0 Å². The molecule has 1 amide bonds. The van der Waals surface area contributed by atoms with Crippen LogP contribution < -0.4 is 5.32 Å². The third kappa shape index (κ3) is 2.69. The SMILES string of the molecule is O=C(NCc1cncn1C1CC1)c1csc(-c2cccs2)n1. The summed E-state index contributed by atoms with van der Waals surface area (Å²) in [6.07, 6.45) is 6.06. The second-order valence-corrected chi connectivity index (χ2v) is 7.03. The molecule has 0 saturated heterocycles. The van der Waals surface area contributed by atoms with Gasteiger partial charge in [-0.15, -0.1) is 22.7 Å². The average Bonchev–Trinajstić information content (AvgIpc) is 3.02. The van der Waals surface area contributed by atoms with Crippen LogP contribution in [-0.4, -0.2) is 20.4 Å². The number of carbonyl (C=O) groups excluding carboxylic acids is 1. The van der Waals surface area contributed by atoms with Crippen molar-refractivity contribution in [3.63, 3.8) is 0 Å². The van der Waals surface area contributed by atoms with E-state index < -0.39 is 0 Å². The first-order valence-corrected chi connectivity index (χ1v) is 8.85. The molecule has 1 saturated carbocycles. The summed E-state index contributed by atoms with van der Waals surface area (Å²) >= 11 is 3.13. The summed E-state index contributed by atoms with van der Waals surface area (Å²) in [5, 5.41) is 7.64. The molecule has 0 spiro atoms. The highest BCUT2D eigenvalue weighted by molar-refractivity contribution is 7.20. The zero-order valence-corrected chi connectivity index (χ0v) is 13.4. The van der Waals surface area contributed by atoms with Crippen LogP contribution >= 0.6 is 22.7 Å². The Balaban J connectivity index is 1.43. The molecule has 4 rings (SSSR count). The number of rotatable bonds is 5. The van der Waals surface area contributed by atoms with E-state index in [2.05, 4.69) is 19.9 Å². The summed E-state index contributed by atoms with van der Waals surface area (Å²) in [4.78, 5) is 21.9. The number of aromatic nitrogens is 3. The quantitative estimate of drug-likeness (QED) is 0.780. The Kier molecular flexibility index (Phi) is 3.51. The van der Waals surface area contributed by atoms with Gasteiger partial charge >= 0.3 is 0 Å². The lowest BCUT2D eigenvalue weighted by atomic mass is 10.4. The van der Waals surface area contributed by atoms with Gasteiger partial charge in [0, 0.05) is 17.6 Å². The van der Waals surface area contributed by atoms with Crippen molar-refractivity contribution in [1.82, 2.24) is 19.9 Å². The van der Waals surface area contributed by atoms with Gasteiger partial charge in [0.1, 0.15) is 10.7 Å². The molecule has 0 bridgehead atoms. The highest BCUT2D eigenvalue weighted by Gasteiger charge is 2.25. The highest BCUT2D eigenvalue weighted by atomic mass is 32.1. The second-order valence-electron chi connectivity index (χ2n) is 5.22. The fourth-order valence-electron chi connectivity index (χ4n) is 2.30. The Morgan fingerprint density at radius 3 is 3.09 bits per heavy atom. The summed E-state index contributed by atoms with van der Waals surface area (Å²) in [5.41, 5.74) is 1.52. The van der Waals surface area contributed by atoms with Gasteiger partial charge in [-0.05, 0) is 24.3 Å². The minimum atomic E-state index is -0.136. The summed E-state index contributed by atoms with van der Waals surface area (Å²) in [5.74, 6) is -0.136. The predicted octanol–water partition coefficient (Wildman–Crippen LogP) is 3.33. The molecule has 3 heterocycles. The predicted molar refractivity (Wildman–Crippen MR) is 87.1 cm³/mol.